The summed E-state index contributed by atoms with van der Waals surface area (Å²) in [5, 5.41) is 3.13. The molecule has 0 unspecified atom stereocenters. The first kappa shape index (κ1) is 29.7. The first-order chi connectivity index (χ1) is 19.1. The van der Waals surface area contributed by atoms with Crippen molar-refractivity contribution in [3.05, 3.63) is 100 Å². The zero-order valence-corrected chi connectivity index (χ0v) is 24.7. The minimum atomic E-state index is -3.95. The fraction of sp³-hybridized carbons (Fsp3) is 0.333. The molecule has 40 heavy (non-hydrogen) atoms. The molecule has 7 nitrogen and oxygen atoms in total. The van der Waals surface area contributed by atoms with E-state index in [2.05, 4.69) is 21.2 Å². The van der Waals surface area contributed by atoms with Crippen molar-refractivity contribution in [2.75, 3.05) is 17.1 Å². The van der Waals surface area contributed by atoms with Gasteiger partial charge in [0.15, 0.2) is 0 Å². The van der Waals surface area contributed by atoms with Gasteiger partial charge in [-0.15, -0.1) is 0 Å². The van der Waals surface area contributed by atoms with Crippen molar-refractivity contribution in [2.45, 2.75) is 50.7 Å². The minimum Gasteiger partial charge on any atom is -0.352 e. The summed E-state index contributed by atoms with van der Waals surface area (Å²) in [4.78, 5) is 29.3. The average Bonchev–Trinajstić information content (AvgIpc) is 3.43. The number of rotatable bonds is 11. The second kappa shape index (κ2) is 13.4. The second-order valence-electron chi connectivity index (χ2n) is 10.1. The van der Waals surface area contributed by atoms with Gasteiger partial charge in [0.2, 0.25) is 21.8 Å². The molecular formula is C30H33BrFN3O4S. The van der Waals surface area contributed by atoms with Crippen molar-refractivity contribution in [1.29, 1.82) is 0 Å². The number of carbonyl (C=O) groups excluding carboxylic acids is 2. The van der Waals surface area contributed by atoms with Crippen LogP contribution in [0.4, 0.5) is 10.1 Å². The third-order valence-electron chi connectivity index (χ3n) is 7.01. The van der Waals surface area contributed by atoms with E-state index in [0.29, 0.717) is 0 Å². The van der Waals surface area contributed by atoms with Crippen LogP contribution in [0.25, 0.3) is 0 Å². The van der Waals surface area contributed by atoms with Gasteiger partial charge in [-0.1, -0.05) is 77.3 Å². The Kier molecular flexibility index (Phi) is 9.97. The lowest BCUT2D eigenvalue weighted by atomic mass is 10.0. The van der Waals surface area contributed by atoms with Crippen LogP contribution in [0.15, 0.2) is 83.3 Å². The normalized spacial score (nSPS) is 14.5. The number of sulfonamides is 1. The van der Waals surface area contributed by atoms with E-state index in [-0.39, 0.29) is 30.6 Å². The van der Waals surface area contributed by atoms with Crippen molar-refractivity contribution in [3.63, 3.8) is 0 Å². The number of anilines is 1. The Bertz CT molecular complexity index is 1410. The van der Waals surface area contributed by atoms with Crippen LogP contribution in [-0.4, -0.2) is 50.0 Å². The standard InChI is InChI=1S/C30H33BrFN3O4S/c1-40(38,39)35(27-13-7-10-25(32)19-27)21-29(36)34(20-23-14-16-24(31)17-15-23)28(18-22-8-3-2-4-9-22)30(37)33-26-11-5-6-12-26/h2-4,7-10,13-17,19,26,28H,5-6,11-12,18,20-21H2,1H3,(H,33,37)/t28-/m0/s1. The molecule has 1 atom stereocenters. The molecule has 2 amide bonds. The molecule has 0 saturated heterocycles. The van der Waals surface area contributed by atoms with Gasteiger partial charge in [0.25, 0.3) is 0 Å². The van der Waals surface area contributed by atoms with Crippen molar-refractivity contribution in [3.8, 4) is 0 Å². The zero-order chi connectivity index (χ0) is 28.7. The summed E-state index contributed by atoms with van der Waals surface area (Å²) < 4.78 is 41.3. The highest BCUT2D eigenvalue weighted by Crippen LogP contribution is 2.23. The first-order valence-electron chi connectivity index (χ1n) is 13.2. The largest absolute Gasteiger partial charge is 0.352 e. The van der Waals surface area contributed by atoms with Gasteiger partial charge in [0.05, 0.1) is 11.9 Å². The van der Waals surface area contributed by atoms with Crippen LogP contribution < -0.4 is 9.62 Å². The Hall–Kier alpha value is -3.24. The highest BCUT2D eigenvalue weighted by Gasteiger charge is 2.34. The van der Waals surface area contributed by atoms with Crippen LogP contribution in [0.3, 0.4) is 0 Å². The summed E-state index contributed by atoms with van der Waals surface area (Å²) in [5.41, 5.74) is 1.68. The lowest BCUT2D eigenvalue weighted by molar-refractivity contribution is -0.140. The van der Waals surface area contributed by atoms with Crippen LogP contribution >= 0.6 is 15.9 Å². The summed E-state index contributed by atoms with van der Waals surface area (Å²) in [6.45, 7) is -0.497. The first-order valence-corrected chi connectivity index (χ1v) is 15.9. The van der Waals surface area contributed by atoms with Crippen LogP contribution in [0.5, 0.6) is 0 Å². The summed E-state index contributed by atoms with van der Waals surface area (Å²) in [6, 6.07) is 21.0. The average molecular weight is 631 g/mol. The molecule has 4 rings (SSSR count). The van der Waals surface area contributed by atoms with Crippen LogP contribution in [0, 0.1) is 5.82 Å². The van der Waals surface area contributed by atoms with Gasteiger partial charge in [0.1, 0.15) is 18.4 Å². The molecule has 0 spiro atoms. The lowest BCUT2D eigenvalue weighted by Gasteiger charge is -2.34. The van der Waals surface area contributed by atoms with Gasteiger partial charge < -0.3 is 10.2 Å². The van der Waals surface area contributed by atoms with E-state index < -0.39 is 34.3 Å². The lowest BCUT2D eigenvalue weighted by Crippen LogP contribution is -2.54. The molecule has 0 bridgehead atoms. The quantitative estimate of drug-likeness (QED) is 0.321. The fourth-order valence-electron chi connectivity index (χ4n) is 4.95. The van der Waals surface area contributed by atoms with Gasteiger partial charge in [0, 0.05) is 23.5 Å². The number of amides is 2. The number of benzene rings is 3. The molecule has 0 aliphatic heterocycles. The molecule has 3 aromatic rings. The van der Waals surface area contributed by atoms with E-state index in [1.165, 1.54) is 23.1 Å². The molecule has 1 aliphatic carbocycles. The van der Waals surface area contributed by atoms with Gasteiger partial charge in [-0.3, -0.25) is 13.9 Å². The molecule has 3 aromatic carbocycles. The molecule has 0 radical (unpaired) electrons. The number of halogens is 2. The highest BCUT2D eigenvalue weighted by molar-refractivity contribution is 9.10. The minimum absolute atomic E-state index is 0.0365. The van der Waals surface area contributed by atoms with Crippen molar-refractivity contribution in [1.82, 2.24) is 10.2 Å². The number of hydrogen-bond acceptors (Lipinski definition) is 4. The Labute approximate surface area is 243 Å². The smallest absolute Gasteiger partial charge is 0.244 e. The van der Waals surface area contributed by atoms with E-state index in [9.17, 15) is 22.4 Å². The third kappa shape index (κ3) is 8.14. The number of nitrogens with one attached hydrogen (secondary N) is 1. The van der Waals surface area contributed by atoms with Crippen LogP contribution in [-0.2, 0) is 32.6 Å². The predicted octanol–water partition coefficient (Wildman–Crippen LogP) is 5.05. The van der Waals surface area contributed by atoms with E-state index in [1.54, 1.807) is 0 Å². The molecule has 10 heteroatoms. The Balaban J connectivity index is 1.72. The maximum absolute atomic E-state index is 14.0. The Morgan fingerprint density at radius 3 is 2.27 bits per heavy atom. The monoisotopic (exact) mass is 629 g/mol. The SMILES string of the molecule is CS(=O)(=O)N(CC(=O)N(Cc1ccc(Br)cc1)[C@@H](Cc1ccccc1)C(=O)NC1CCCC1)c1cccc(F)c1. The van der Waals surface area contributed by atoms with Gasteiger partial charge in [-0.2, -0.15) is 0 Å². The molecule has 1 saturated carbocycles. The summed E-state index contributed by atoms with van der Waals surface area (Å²) in [7, 11) is -3.95. The van der Waals surface area contributed by atoms with E-state index >= 15 is 0 Å². The Morgan fingerprint density at radius 1 is 0.975 bits per heavy atom. The topological polar surface area (TPSA) is 86.8 Å². The van der Waals surface area contributed by atoms with Crippen molar-refractivity contribution < 1.29 is 22.4 Å². The molecule has 1 aliphatic rings. The number of carbonyl (C=O) groups is 2. The predicted molar refractivity (Wildman–Crippen MR) is 158 cm³/mol. The fourth-order valence-corrected chi connectivity index (χ4v) is 6.06. The summed E-state index contributed by atoms with van der Waals surface area (Å²) >= 11 is 3.42. The van der Waals surface area contributed by atoms with E-state index in [1.807, 2.05) is 54.6 Å². The highest BCUT2D eigenvalue weighted by atomic mass is 79.9. The van der Waals surface area contributed by atoms with Gasteiger partial charge >= 0.3 is 0 Å². The summed E-state index contributed by atoms with van der Waals surface area (Å²) in [6.07, 6.45) is 5.05. The molecular weight excluding hydrogens is 597 g/mol. The zero-order valence-electron chi connectivity index (χ0n) is 22.3. The molecule has 1 fully saturated rings. The third-order valence-corrected chi connectivity index (χ3v) is 8.68. The number of nitrogens with zero attached hydrogens (tertiary/aromatic N) is 2. The Morgan fingerprint density at radius 2 is 1.65 bits per heavy atom. The maximum atomic E-state index is 14.0. The van der Waals surface area contributed by atoms with Crippen molar-refractivity contribution >= 4 is 43.5 Å². The van der Waals surface area contributed by atoms with Gasteiger partial charge in [-0.05, 0) is 54.3 Å². The van der Waals surface area contributed by atoms with E-state index in [4.69, 9.17) is 0 Å². The van der Waals surface area contributed by atoms with Crippen molar-refractivity contribution in [2.24, 2.45) is 0 Å². The molecule has 0 heterocycles. The van der Waals surface area contributed by atoms with Crippen LogP contribution in [0.2, 0.25) is 0 Å². The van der Waals surface area contributed by atoms with Gasteiger partial charge in [-0.25, -0.2) is 12.8 Å². The second-order valence-corrected chi connectivity index (χ2v) is 12.9. The molecule has 1 N–H and O–H groups in total. The van der Waals surface area contributed by atoms with Crippen LogP contribution in [0.1, 0.15) is 36.8 Å². The molecule has 0 aromatic heterocycles. The van der Waals surface area contributed by atoms with E-state index in [0.717, 1.165) is 57.9 Å². The summed E-state index contributed by atoms with van der Waals surface area (Å²) in [5.74, 6) is -1.47. The maximum Gasteiger partial charge on any atom is 0.244 e. The molecule has 212 valence electrons. The number of hydrogen-bond donors (Lipinski definition) is 1.